The molecule has 0 fully saturated rings. The highest BCUT2D eigenvalue weighted by Gasteiger charge is 2.07. The van der Waals surface area contributed by atoms with E-state index in [1.807, 2.05) is 30.3 Å². The van der Waals surface area contributed by atoms with Gasteiger partial charge in [0, 0.05) is 0 Å². The van der Waals surface area contributed by atoms with Crippen LogP contribution in [0.1, 0.15) is 17.0 Å². The quantitative estimate of drug-likeness (QED) is 0.724. The van der Waals surface area contributed by atoms with Gasteiger partial charge in [-0.3, -0.25) is 0 Å². The van der Waals surface area contributed by atoms with Crippen molar-refractivity contribution in [3.63, 3.8) is 0 Å². The molecule has 1 N–H and O–H groups in total. The highest BCUT2D eigenvalue weighted by atomic mass is 14.9. The minimum atomic E-state index is 0.432. The Kier molecular flexibility index (Phi) is 3.21. The van der Waals surface area contributed by atoms with Gasteiger partial charge in [0.05, 0.1) is 28.2 Å². The van der Waals surface area contributed by atoms with Crippen molar-refractivity contribution in [2.45, 2.75) is 0 Å². The Morgan fingerprint density at radius 3 is 2.71 bits per heavy atom. The summed E-state index contributed by atoms with van der Waals surface area (Å²) >= 11 is 0. The molecule has 2 aromatic carbocycles. The van der Waals surface area contributed by atoms with Gasteiger partial charge in [0.1, 0.15) is 11.9 Å². The van der Waals surface area contributed by atoms with Crippen LogP contribution >= 0.6 is 0 Å². The maximum absolute atomic E-state index is 9.35. The van der Waals surface area contributed by atoms with Crippen LogP contribution in [0.4, 0.5) is 0 Å². The van der Waals surface area contributed by atoms with Gasteiger partial charge in [-0.1, -0.05) is 24.3 Å². The van der Waals surface area contributed by atoms with Gasteiger partial charge in [-0.2, -0.15) is 10.5 Å². The molecule has 0 aliphatic carbocycles. The number of nitriles is 2. The third-order valence-electron chi connectivity index (χ3n) is 3.09. The Hall–Kier alpha value is -3.37. The van der Waals surface area contributed by atoms with Gasteiger partial charge in [-0.25, -0.2) is 4.98 Å². The van der Waals surface area contributed by atoms with Crippen molar-refractivity contribution in [3.05, 3.63) is 65.5 Å². The van der Waals surface area contributed by atoms with Crippen LogP contribution in [-0.4, -0.2) is 9.97 Å². The molecule has 4 nitrogen and oxygen atoms in total. The summed E-state index contributed by atoms with van der Waals surface area (Å²) in [6, 6.07) is 19.0. The molecule has 0 aliphatic rings. The number of nitrogens with one attached hydrogen (secondary N) is 1. The Morgan fingerprint density at radius 2 is 1.95 bits per heavy atom. The van der Waals surface area contributed by atoms with Crippen molar-refractivity contribution in [2.24, 2.45) is 0 Å². The largest absolute Gasteiger partial charge is 0.337 e. The predicted molar refractivity (Wildman–Crippen MR) is 80.7 cm³/mol. The Morgan fingerprint density at radius 1 is 1.10 bits per heavy atom. The van der Waals surface area contributed by atoms with E-state index in [0.717, 1.165) is 16.6 Å². The molecule has 21 heavy (non-hydrogen) atoms. The van der Waals surface area contributed by atoms with Gasteiger partial charge in [-0.05, 0) is 35.9 Å². The van der Waals surface area contributed by atoms with Crippen LogP contribution in [0.5, 0.6) is 0 Å². The molecule has 0 saturated heterocycles. The smallest absolute Gasteiger partial charge is 0.149 e. The number of aromatic nitrogens is 2. The van der Waals surface area contributed by atoms with Gasteiger partial charge >= 0.3 is 0 Å². The van der Waals surface area contributed by atoms with E-state index in [9.17, 15) is 5.26 Å². The summed E-state index contributed by atoms with van der Waals surface area (Å²) in [6.45, 7) is 0. The molecule has 3 aromatic rings. The second kappa shape index (κ2) is 5.32. The Balaban J connectivity index is 2.07. The summed E-state index contributed by atoms with van der Waals surface area (Å²) < 4.78 is 0. The monoisotopic (exact) mass is 270 g/mol. The van der Waals surface area contributed by atoms with Crippen molar-refractivity contribution in [1.82, 2.24) is 9.97 Å². The maximum Gasteiger partial charge on any atom is 0.149 e. The molecule has 0 saturated carbocycles. The number of hydrogen-bond donors (Lipinski definition) is 1. The lowest BCUT2D eigenvalue weighted by molar-refractivity contribution is 1.27. The number of para-hydroxylation sites is 2. The highest BCUT2D eigenvalue weighted by molar-refractivity contribution is 5.90. The first kappa shape index (κ1) is 12.7. The molecule has 0 spiro atoms. The number of hydrogen-bond acceptors (Lipinski definition) is 3. The number of fused-ring (bicyclic) bond motifs is 1. The first-order chi connectivity index (χ1) is 10.3. The fourth-order valence-electron chi connectivity index (χ4n) is 2.10. The molecule has 98 valence electrons. The number of imidazole rings is 1. The van der Waals surface area contributed by atoms with E-state index in [4.69, 9.17) is 5.26 Å². The molecule has 0 aliphatic heterocycles. The predicted octanol–water partition coefficient (Wildman–Crippen LogP) is 3.50. The molecule has 3 rings (SSSR count). The van der Waals surface area contributed by atoms with Gasteiger partial charge in [0.15, 0.2) is 0 Å². The number of allylic oxidation sites excluding steroid dienone is 1. The zero-order valence-electron chi connectivity index (χ0n) is 11.0. The van der Waals surface area contributed by atoms with E-state index in [1.54, 1.807) is 24.3 Å². The van der Waals surface area contributed by atoms with Crippen LogP contribution < -0.4 is 0 Å². The van der Waals surface area contributed by atoms with Gasteiger partial charge in [-0.15, -0.1) is 0 Å². The first-order valence-electron chi connectivity index (χ1n) is 6.37. The highest BCUT2D eigenvalue weighted by Crippen LogP contribution is 2.19. The molecule has 0 amide bonds. The van der Waals surface area contributed by atoms with E-state index in [1.165, 1.54) is 0 Å². The number of H-pyrrole nitrogens is 1. The van der Waals surface area contributed by atoms with Crippen molar-refractivity contribution in [2.75, 3.05) is 0 Å². The normalized spacial score (nSPS) is 11.0. The molecular weight excluding hydrogens is 260 g/mol. The van der Waals surface area contributed by atoms with E-state index in [2.05, 4.69) is 22.1 Å². The maximum atomic E-state index is 9.35. The number of benzene rings is 2. The summed E-state index contributed by atoms with van der Waals surface area (Å²) in [7, 11) is 0. The van der Waals surface area contributed by atoms with E-state index in [0.29, 0.717) is 17.0 Å². The van der Waals surface area contributed by atoms with Crippen molar-refractivity contribution < 1.29 is 0 Å². The van der Waals surface area contributed by atoms with Crippen molar-refractivity contribution in [3.8, 4) is 12.1 Å². The topological polar surface area (TPSA) is 76.3 Å². The van der Waals surface area contributed by atoms with Crippen molar-refractivity contribution >= 4 is 22.7 Å². The molecule has 0 radical (unpaired) electrons. The molecule has 0 atom stereocenters. The summed E-state index contributed by atoms with van der Waals surface area (Å²) in [6.07, 6.45) is 1.72. The lowest BCUT2D eigenvalue weighted by Gasteiger charge is -1.96. The second-order valence-electron chi connectivity index (χ2n) is 4.51. The minimum absolute atomic E-state index is 0.432. The van der Waals surface area contributed by atoms with Gasteiger partial charge in [0.25, 0.3) is 0 Å². The molecule has 4 heteroatoms. The standard InChI is InChI=1S/C17H10N4/c18-10-13-5-3-4-12(8-13)9-14(11-19)17-20-15-6-1-2-7-16(15)21-17/h1-9H,(H,20,21). The molecule has 1 heterocycles. The summed E-state index contributed by atoms with van der Waals surface area (Å²) in [5.41, 5.74) is 3.50. The summed E-state index contributed by atoms with van der Waals surface area (Å²) in [4.78, 5) is 7.54. The Labute approximate surface area is 121 Å². The summed E-state index contributed by atoms with van der Waals surface area (Å²) in [5, 5.41) is 18.3. The van der Waals surface area contributed by atoms with Crippen LogP contribution in [0.15, 0.2) is 48.5 Å². The summed E-state index contributed by atoms with van der Waals surface area (Å²) in [5.74, 6) is 0.529. The van der Waals surface area contributed by atoms with Crippen LogP contribution in [0.3, 0.4) is 0 Å². The third kappa shape index (κ3) is 2.51. The number of aromatic amines is 1. The van der Waals surface area contributed by atoms with Crippen LogP contribution in [0, 0.1) is 22.7 Å². The average molecular weight is 270 g/mol. The molecule has 0 unspecified atom stereocenters. The van der Waals surface area contributed by atoms with Crippen LogP contribution in [-0.2, 0) is 0 Å². The molecular formula is C17H10N4. The average Bonchev–Trinajstić information content (AvgIpc) is 2.96. The van der Waals surface area contributed by atoms with E-state index < -0.39 is 0 Å². The zero-order valence-corrected chi connectivity index (χ0v) is 11.0. The SMILES string of the molecule is N#CC(=Cc1cccc(C#N)c1)c1nc2ccccc2[nH]1. The number of nitrogens with zero attached hydrogens (tertiary/aromatic N) is 3. The first-order valence-corrected chi connectivity index (χ1v) is 6.37. The van der Waals surface area contributed by atoms with Crippen LogP contribution in [0.25, 0.3) is 22.7 Å². The van der Waals surface area contributed by atoms with E-state index >= 15 is 0 Å². The fourth-order valence-corrected chi connectivity index (χ4v) is 2.10. The zero-order chi connectivity index (χ0) is 14.7. The van der Waals surface area contributed by atoms with Gasteiger partial charge < -0.3 is 4.98 Å². The second-order valence-corrected chi connectivity index (χ2v) is 4.51. The van der Waals surface area contributed by atoms with Crippen LogP contribution in [0.2, 0.25) is 0 Å². The van der Waals surface area contributed by atoms with E-state index in [-0.39, 0.29) is 0 Å². The number of rotatable bonds is 2. The lowest BCUT2D eigenvalue weighted by Crippen LogP contribution is -1.85. The molecule has 1 aromatic heterocycles. The third-order valence-corrected chi connectivity index (χ3v) is 3.09. The Bertz CT molecular complexity index is 887. The minimum Gasteiger partial charge on any atom is -0.337 e. The van der Waals surface area contributed by atoms with Crippen molar-refractivity contribution in [1.29, 1.82) is 10.5 Å². The fraction of sp³-hybridized carbons (Fsp3) is 0. The lowest BCUT2D eigenvalue weighted by atomic mass is 10.1. The molecule has 0 bridgehead atoms. The van der Waals surface area contributed by atoms with Gasteiger partial charge in [0.2, 0.25) is 0 Å².